The number of hydrogen-bond acceptors (Lipinski definition) is 4. The minimum Gasteiger partial charge on any atom is -0.355 e. The summed E-state index contributed by atoms with van der Waals surface area (Å²) in [5, 5.41) is 2.85. The molecule has 1 aliphatic heterocycles. The molecular weight excluding hydrogens is 285 g/mol. The third kappa shape index (κ3) is 3.83. The van der Waals surface area contributed by atoms with E-state index in [1.165, 1.54) is 0 Å². The number of halogens is 3. The van der Waals surface area contributed by atoms with Crippen LogP contribution in [0.5, 0.6) is 0 Å². The van der Waals surface area contributed by atoms with Gasteiger partial charge < -0.3 is 10.2 Å². The Morgan fingerprint density at radius 2 is 1.90 bits per heavy atom. The molecule has 1 aliphatic rings. The summed E-state index contributed by atoms with van der Waals surface area (Å²) in [5.74, 6) is -0.130. The molecule has 1 amide bonds. The first-order valence-electron chi connectivity index (χ1n) is 6.52. The van der Waals surface area contributed by atoms with Crippen LogP contribution in [-0.4, -0.2) is 34.5 Å². The summed E-state index contributed by atoms with van der Waals surface area (Å²) in [6.07, 6.45) is -3.60. The van der Waals surface area contributed by atoms with Gasteiger partial charge in [0.1, 0.15) is 17.8 Å². The molecule has 1 N–H and O–H groups in total. The van der Waals surface area contributed by atoms with Gasteiger partial charge in [-0.25, -0.2) is 9.97 Å². The Hall–Kier alpha value is -1.86. The Labute approximate surface area is 120 Å². The van der Waals surface area contributed by atoms with Gasteiger partial charge in [0.05, 0.1) is 5.92 Å². The van der Waals surface area contributed by atoms with Crippen LogP contribution < -0.4 is 10.2 Å². The number of alkyl halides is 3. The number of carbonyl (C=O) groups is 1. The van der Waals surface area contributed by atoms with Crippen LogP contribution in [0.3, 0.4) is 0 Å². The first kappa shape index (κ1) is 15.5. The molecule has 0 saturated carbocycles. The fourth-order valence-electron chi connectivity index (χ4n) is 1.98. The summed E-state index contributed by atoms with van der Waals surface area (Å²) in [4.78, 5) is 20.6. The van der Waals surface area contributed by atoms with Gasteiger partial charge in [-0.15, -0.1) is 0 Å². The van der Waals surface area contributed by atoms with Gasteiger partial charge in [-0.2, -0.15) is 13.2 Å². The van der Waals surface area contributed by atoms with Crippen molar-refractivity contribution in [3.05, 3.63) is 18.1 Å². The van der Waals surface area contributed by atoms with Crippen LogP contribution in [0.4, 0.5) is 19.0 Å². The first-order chi connectivity index (χ1) is 9.56. The van der Waals surface area contributed by atoms with Crippen molar-refractivity contribution >= 4 is 11.7 Å². The number of anilines is 1. The molecule has 0 unspecified atom stereocenters. The van der Waals surface area contributed by atoms with E-state index in [0.29, 0.717) is 13.1 Å². The topological polar surface area (TPSA) is 58.1 Å². The summed E-state index contributed by atoms with van der Waals surface area (Å²) in [6, 6.07) is 0.901. The number of hydrogen-bond donors (Lipinski definition) is 1. The number of carbonyl (C=O) groups excluding carboxylic acids is 1. The van der Waals surface area contributed by atoms with Crippen LogP contribution in [0.1, 0.15) is 26.5 Å². The second-order valence-electron chi connectivity index (χ2n) is 6.10. The van der Waals surface area contributed by atoms with Crippen molar-refractivity contribution in [2.75, 3.05) is 18.0 Å². The van der Waals surface area contributed by atoms with Crippen molar-refractivity contribution in [3.8, 4) is 0 Å². The molecule has 21 heavy (non-hydrogen) atoms. The monoisotopic (exact) mass is 302 g/mol. The molecule has 0 aromatic carbocycles. The van der Waals surface area contributed by atoms with Gasteiger partial charge in [0.2, 0.25) is 5.91 Å². The largest absolute Gasteiger partial charge is 0.433 e. The van der Waals surface area contributed by atoms with Crippen LogP contribution in [0, 0.1) is 5.92 Å². The van der Waals surface area contributed by atoms with Crippen LogP contribution >= 0.6 is 0 Å². The predicted molar refractivity (Wildman–Crippen MR) is 70.6 cm³/mol. The molecule has 1 saturated heterocycles. The van der Waals surface area contributed by atoms with E-state index in [0.717, 1.165) is 12.4 Å². The Morgan fingerprint density at radius 1 is 1.29 bits per heavy atom. The average molecular weight is 302 g/mol. The van der Waals surface area contributed by atoms with Crippen LogP contribution in [0.15, 0.2) is 12.4 Å². The maximum absolute atomic E-state index is 12.6. The minimum atomic E-state index is -4.49. The van der Waals surface area contributed by atoms with E-state index in [1.807, 2.05) is 20.8 Å². The molecule has 0 aliphatic carbocycles. The lowest BCUT2D eigenvalue weighted by molar-refractivity contribution is -0.141. The molecule has 2 heterocycles. The molecule has 1 fully saturated rings. The lowest BCUT2D eigenvalue weighted by Gasteiger charge is -2.40. The van der Waals surface area contributed by atoms with Gasteiger partial charge in [-0.1, -0.05) is 0 Å². The zero-order valence-corrected chi connectivity index (χ0v) is 12.0. The van der Waals surface area contributed by atoms with E-state index in [2.05, 4.69) is 15.3 Å². The molecule has 0 radical (unpaired) electrons. The predicted octanol–water partition coefficient (Wildman–Crippen LogP) is 1.85. The van der Waals surface area contributed by atoms with Crippen molar-refractivity contribution in [2.45, 2.75) is 32.5 Å². The highest BCUT2D eigenvalue weighted by Gasteiger charge is 2.37. The zero-order chi connectivity index (χ0) is 15.8. The Bertz CT molecular complexity index is 533. The quantitative estimate of drug-likeness (QED) is 0.906. The van der Waals surface area contributed by atoms with Gasteiger partial charge in [0.15, 0.2) is 0 Å². The van der Waals surface area contributed by atoms with Crippen LogP contribution in [-0.2, 0) is 11.0 Å². The Morgan fingerprint density at radius 3 is 2.43 bits per heavy atom. The van der Waals surface area contributed by atoms with E-state index in [1.54, 1.807) is 4.90 Å². The van der Waals surface area contributed by atoms with E-state index in [4.69, 9.17) is 0 Å². The van der Waals surface area contributed by atoms with Crippen LogP contribution in [0.25, 0.3) is 0 Å². The molecule has 8 heteroatoms. The SMILES string of the molecule is CC(C)(C)NC(=O)C1CN(c2cc(C(F)(F)F)ncn2)C1. The fourth-order valence-corrected chi connectivity index (χ4v) is 1.98. The molecule has 0 atom stereocenters. The molecule has 1 aromatic heterocycles. The van der Waals surface area contributed by atoms with Gasteiger partial charge >= 0.3 is 6.18 Å². The number of nitrogens with one attached hydrogen (secondary N) is 1. The van der Waals surface area contributed by atoms with Crippen LogP contribution in [0.2, 0.25) is 0 Å². The summed E-state index contributed by atoms with van der Waals surface area (Å²) >= 11 is 0. The molecule has 2 rings (SSSR count). The highest BCUT2D eigenvalue weighted by atomic mass is 19.4. The summed E-state index contributed by atoms with van der Waals surface area (Å²) < 4.78 is 37.7. The first-order valence-corrected chi connectivity index (χ1v) is 6.52. The second kappa shape index (κ2) is 5.16. The summed E-state index contributed by atoms with van der Waals surface area (Å²) in [5.41, 5.74) is -1.30. The molecule has 116 valence electrons. The Balaban J connectivity index is 1.97. The van der Waals surface area contributed by atoms with Crippen molar-refractivity contribution in [3.63, 3.8) is 0 Å². The summed E-state index contributed by atoms with van der Waals surface area (Å²) in [7, 11) is 0. The van der Waals surface area contributed by atoms with E-state index < -0.39 is 11.9 Å². The maximum atomic E-state index is 12.6. The maximum Gasteiger partial charge on any atom is 0.433 e. The summed E-state index contributed by atoms with van der Waals surface area (Å²) in [6.45, 7) is 6.34. The highest BCUT2D eigenvalue weighted by molar-refractivity contribution is 5.82. The highest BCUT2D eigenvalue weighted by Crippen LogP contribution is 2.30. The number of amides is 1. The van der Waals surface area contributed by atoms with Gasteiger partial charge in [-0.05, 0) is 20.8 Å². The smallest absolute Gasteiger partial charge is 0.355 e. The third-order valence-electron chi connectivity index (χ3n) is 3.02. The van der Waals surface area contributed by atoms with E-state index in [-0.39, 0.29) is 23.2 Å². The number of rotatable bonds is 2. The normalized spacial score (nSPS) is 16.6. The molecular formula is C13H17F3N4O. The van der Waals surface area contributed by atoms with Crippen molar-refractivity contribution < 1.29 is 18.0 Å². The molecule has 1 aromatic rings. The van der Waals surface area contributed by atoms with Crippen molar-refractivity contribution in [1.82, 2.24) is 15.3 Å². The van der Waals surface area contributed by atoms with Gasteiger partial charge in [-0.3, -0.25) is 4.79 Å². The zero-order valence-electron chi connectivity index (χ0n) is 12.0. The van der Waals surface area contributed by atoms with Gasteiger partial charge in [0, 0.05) is 24.7 Å². The minimum absolute atomic E-state index is 0.0937. The molecule has 0 spiro atoms. The Kier molecular flexibility index (Phi) is 3.81. The second-order valence-corrected chi connectivity index (χ2v) is 6.10. The van der Waals surface area contributed by atoms with Gasteiger partial charge in [0.25, 0.3) is 0 Å². The average Bonchev–Trinajstić information content (AvgIpc) is 2.23. The van der Waals surface area contributed by atoms with E-state index in [9.17, 15) is 18.0 Å². The van der Waals surface area contributed by atoms with Crippen molar-refractivity contribution in [2.24, 2.45) is 5.92 Å². The standard InChI is InChI=1S/C13H17F3N4O/c1-12(2,3)19-11(21)8-5-20(6-8)10-4-9(13(14,15)16)17-7-18-10/h4,7-8H,5-6H2,1-3H3,(H,19,21). The lowest BCUT2D eigenvalue weighted by atomic mass is 9.97. The molecule has 5 nitrogen and oxygen atoms in total. The fraction of sp³-hybridized carbons (Fsp3) is 0.615. The number of aromatic nitrogens is 2. The van der Waals surface area contributed by atoms with E-state index >= 15 is 0 Å². The third-order valence-corrected chi connectivity index (χ3v) is 3.02. The molecule has 0 bridgehead atoms. The number of nitrogens with zero attached hydrogens (tertiary/aromatic N) is 3. The lowest BCUT2D eigenvalue weighted by Crippen LogP contribution is -2.56. The van der Waals surface area contributed by atoms with Crippen molar-refractivity contribution in [1.29, 1.82) is 0 Å².